The Morgan fingerprint density at radius 2 is 1.60 bits per heavy atom. The number of ketones is 1. The minimum atomic E-state index is -0.0551. The standard InChI is InChI=1S/C18H26N4O3/c1-14(23)15-11-16(19(2)12-15)18(25)22-9-7-20(8-10-22)13-17(24)21-5-3-4-6-21/h11-12H,3-10,13H2,1-2H3. The van der Waals surface area contributed by atoms with Gasteiger partial charge in [-0.05, 0) is 25.8 Å². The molecule has 3 rings (SSSR count). The van der Waals surface area contributed by atoms with Gasteiger partial charge in [-0.1, -0.05) is 0 Å². The number of hydrogen-bond acceptors (Lipinski definition) is 4. The summed E-state index contributed by atoms with van der Waals surface area (Å²) in [4.78, 5) is 42.3. The number of hydrogen-bond donors (Lipinski definition) is 0. The fourth-order valence-electron chi connectivity index (χ4n) is 3.50. The summed E-state index contributed by atoms with van der Waals surface area (Å²) >= 11 is 0. The molecule has 2 amide bonds. The Hall–Kier alpha value is -2.15. The number of piperazine rings is 1. The lowest BCUT2D eigenvalue weighted by atomic mass is 10.2. The molecule has 0 radical (unpaired) electrons. The van der Waals surface area contributed by atoms with E-state index in [0.717, 1.165) is 25.9 Å². The highest BCUT2D eigenvalue weighted by Crippen LogP contribution is 2.14. The largest absolute Gasteiger partial charge is 0.346 e. The van der Waals surface area contributed by atoms with Crippen molar-refractivity contribution in [2.45, 2.75) is 19.8 Å². The Labute approximate surface area is 148 Å². The quantitative estimate of drug-likeness (QED) is 0.749. The van der Waals surface area contributed by atoms with Crippen molar-refractivity contribution in [2.75, 3.05) is 45.8 Å². The van der Waals surface area contributed by atoms with Crippen LogP contribution in [-0.2, 0) is 11.8 Å². The highest BCUT2D eigenvalue weighted by molar-refractivity contribution is 5.99. The van der Waals surface area contributed by atoms with E-state index in [1.807, 2.05) is 4.90 Å². The second-order valence-electron chi connectivity index (χ2n) is 6.94. The van der Waals surface area contributed by atoms with Gasteiger partial charge in [-0.3, -0.25) is 19.3 Å². The van der Waals surface area contributed by atoms with Gasteiger partial charge in [-0.15, -0.1) is 0 Å². The average Bonchev–Trinajstić information content (AvgIpc) is 3.24. The summed E-state index contributed by atoms with van der Waals surface area (Å²) in [6.45, 7) is 6.32. The minimum Gasteiger partial charge on any atom is -0.346 e. The van der Waals surface area contributed by atoms with E-state index in [1.54, 1.807) is 28.8 Å². The molecule has 2 aliphatic rings. The van der Waals surface area contributed by atoms with Crippen molar-refractivity contribution in [3.05, 3.63) is 23.5 Å². The van der Waals surface area contributed by atoms with Crippen LogP contribution >= 0.6 is 0 Å². The first-order chi connectivity index (χ1) is 12.0. The van der Waals surface area contributed by atoms with Crippen LogP contribution < -0.4 is 0 Å². The number of aromatic nitrogens is 1. The van der Waals surface area contributed by atoms with Crippen LogP contribution in [0.25, 0.3) is 0 Å². The molecule has 0 atom stereocenters. The molecule has 25 heavy (non-hydrogen) atoms. The molecule has 1 aromatic rings. The lowest BCUT2D eigenvalue weighted by Gasteiger charge is -2.35. The summed E-state index contributed by atoms with van der Waals surface area (Å²) < 4.78 is 1.71. The maximum absolute atomic E-state index is 12.7. The first-order valence-electron chi connectivity index (χ1n) is 8.92. The summed E-state index contributed by atoms with van der Waals surface area (Å²) in [7, 11) is 1.78. The number of nitrogens with zero attached hydrogens (tertiary/aromatic N) is 4. The van der Waals surface area contributed by atoms with Crippen LogP contribution in [0.5, 0.6) is 0 Å². The molecule has 0 saturated carbocycles. The predicted molar refractivity (Wildman–Crippen MR) is 93.6 cm³/mol. The SMILES string of the molecule is CC(=O)c1cc(C(=O)N2CCN(CC(=O)N3CCCC3)CC2)n(C)c1. The van der Waals surface area contributed by atoms with E-state index in [1.165, 1.54) is 6.92 Å². The van der Waals surface area contributed by atoms with Gasteiger partial charge in [0.2, 0.25) is 5.91 Å². The molecule has 2 fully saturated rings. The Kier molecular flexibility index (Phi) is 5.22. The molecule has 1 aromatic heterocycles. The molecule has 2 aliphatic heterocycles. The van der Waals surface area contributed by atoms with Crippen molar-refractivity contribution in [3.8, 4) is 0 Å². The maximum atomic E-state index is 12.7. The van der Waals surface area contributed by atoms with Crippen molar-refractivity contribution in [1.29, 1.82) is 0 Å². The highest BCUT2D eigenvalue weighted by Gasteiger charge is 2.27. The predicted octanol–water partition coefficient (Wildman–Crippen LogP) is 0.608. The van der Waals surface area contributed by atoms with Crippen LogP contribution in [0.2, 0.25) is 0 Å². The molecule has 0 N–H and O–H groups in total. The van der Waals surface area contributed by atoms with Crippen molar-refractivity contribution in [3.63, 3.8) is 0 Å². The second-order valence-corrected chi connectivity index (χ2v) is 6.94. The zero-order chi connectivity index (χ0) is 18.0. The van der Waals surface area contributed by atoms with E-state index in [4.69, 9.17) is 0 Å². The molecule has 3 heterocycles. The van der Waals surface area contributed by atoms with E-state index >= 15 is 0 Å². The van der Waals surface area contributed by atoms with Crippen LogP contribution in [0.4, 0.5) is 0 Å². The normalized spacial score (nSPS) is 18.6. The van der Waals surface area contributed by atoms with Gasteiger partial charge in [0.15, 0.2) is 5.78 Å². The number of carbonyl (C=O) groups excluding carboxylic acids is 3. The maximum Gasteiger partial charge on any atom is 0.270 e. The molecule has 2 saturated heterocycles. The van der Waals surface area contributed by atoms with E-state index < -0.39 is 0 Å². The van der Waals surface area contributed by atoms with E-state index in [9.17, 15) is 14.4 Å². The number of Topliss-reactive ketones (excluding diaryl/α,β-unsaturated/α-hetero) is 1. The van der Waals surface area contributed by atoms with Crippen LogP contribution in [0.15, 0.2) is 12.3 Å². The third kappa shape index (κ3) is 3.92. The van der Waals surface area contributed by atoms with Crippen molar-refractivity contribution in [2.24, 2.45) is 7.05 Å². The summed E-state index contributed by atoms with van der Waals surface area (Å²) in [5.74, 6) is 0.103. The summed E-state index contributed by atoms with van der Waals surface area (Å²) in [6.07, 6.45) is 3.90. The molecule has 7 nitrogen and oxygen atoms in total. The molecule has 0 bridgehead atoms. The topological polar surface area (TPSA) is 65.9 Å². The van der Waals surface area contributed by atoms with E-state index in [0.29, 0.717) is 44.0 Å². The minimum absolute atomic E-state index is 0.0418. The molecule has 136 valence electrons. The Morgan fingerprint density at radius 3 is 2.16 bits per heavy atom. The first-order valence-corrected chi connectivity index (χ1v) is 8.92. The number of carbonyl (C=O) groups is 3. The number of aryl methyl sites for hydroxylation is 1. The van der Waals surface area contributed by atoms with Crippen molar-refractivity contribution < 1.29 is 14.4 Å². The first kappa shape index (κ1) is 17.7. The Morgan fingerprint density at radius 1 is 0.960 bits per heavy atom. The smallest absolute Gasteiger partial charge is 0.270 e. The van der Waals surface area contributed by atoms with Gasteiger partial charge in [0.25, 0.3) is 5.91 Å². The zero-order valence-corrected chi connectivity index (χ0v) is 15.0. The second kappa shape index (κ2) is 7.39. The summed E-state index contributed by atoms with van der Waals surface area (Å²) in [5, 5.41) is 0. The molecule has 0 aliphatic carbocycles. The molecule has 7 heteroatoms. The van der Waals surface area contributed by atoms with Gasteiger partial charge in [0.1, 0.15) is 5.69 Å². The lowest BCUT2D eigenvalue weighted by molar-refractivity contribution is -0.131. The molecule has 0 unspecified atom stereocenters. The van der Waals surface area contributed by atoms with Crippen molar-refractivity contribution in [1.82, 2.24) is 19.3 Å². The third-order valence-corrected chi connectivity index (χ3v) is 5.11. The van der Waals surface area contributed by atoms with E-state index in [-0.39, 0.29) is 17.6 Å². The van der Waals surface area contributed by atoms with Gasteiger partial charge in [-0.25, -0.2) is 0 Å². The number of likely N-dealkylation sites (tertiary alicyclic amines) is 1. The molecule has 0 spiro atoms. The van der Waals surface area contributed by atoms with Gasteiger partial charge in [0.05, 0.1) is 6.54 Å². The fraction of sp³-hybridized carbons (Fsp3) is 0.611. The molecular weight excluding hydrogens is 320 g/mol. The molecule has 0 aromatic carbocycles. The monoisotopic (exact) mass is 346 g/mol. The van der Waals surface area contributed by atoms with Crippen LogP contribution in [0.3, 0.4) is 0 Å². The van der Waals surface area contributed by atoms with Gasteiger partial charge in [0, 0.05) is 58.1 Å². The highest BCUT2D eigenvalue weighted by atomic mass is 16.2. The lowest BCUT2D eigenvalue weighted by Crippen LogP contribution is -2.51. The summed E-state index contributed by atoms with van der Waals surface area (Å²) in [5.41, 5.74) is 1.09. The number of amides is 2. The van der Waals surface area contributed by atoms with Gasteiger partial charge in [-0.2, -0.15) is 0 Å². The zero-order valence-electron chi connectivity index (χ0n) is 15.0. The van der Waals surface area contributed by atoms with Crippen LogP contribution in [0.1, 0.15) is 40.6 Å². The van der Waals surface area contributed by atoms with Crippen molar-refractivity contribution >= 4 is 17.6 Å². The van der Waals surface area contributed by atoms with Crippen LogP contribution in [0, 0.1) is 0 Å². The average molecular weight is 346 g/mol. The molecular formula is C18H26N4O3. The van der Waals surface area contributed by atoms with Gasteiger partial charge >= 0.3 is 0 Å². The Balaban J connectivity index is 1.54. The van der Waals surface area contributed by atoms with Crippen LogP contribution in [-0.4, -0.2) is 82.7 Å². The van der Waals surface area contributed by atoms with Gasteiger partial charge < -0.3 is 14.4 Å². The third-order valence-electron chi connectivity index (χ3n) is 5.11. The Bertz CT molecular complexity index is 668. The van der Waals surface area contributed by atoms with E-state index in [2.05, 4.69) is 4.90 Å². The number of rotatable bonds is 4. The fourth-order valence-corrected chi connectivity index (χ4v) is 3.50. The summed E-state index contributed by atoms with van der Waals surface area (Å²) in [6, 6.07) is 1.66.